The number of hydrogen-bond donors (Lipinski definition) is 1. The summed E-state index contributed by atoms with van der Waals surface area (Å²) in [7, 11) is 3.43. The van der Waals surface area contributed by atoms with Crippen molar-refractivity contribution in [3.8, 4) is 0 Å². The lowest BCUT2D eigenvalue weighted by Gasteiger charge is -2.13. The van der Waals surface area contributed by atoms with Gasteiger partial charge in [-0.3, -0.25) is 19.1 Å². The standard InChI is InChI=1S/C18H29N5O3/c1-6-7-10-22-16-15(17(25)20-18(22)26)23(11-12(2)3)13(19-16)8-9-14(24)21(4)5/h12H,6-11H2,1-5H3,(H,20,25,26). The molecule has 1 amide bonds. The number of nitrogens with zero attached hydrogens (tertiary/aromatic N) is 4. The summed E-state index contributed by atoms with van der Waals surface area (Å²) in [5.74, 6) is 0.974. The number of imidazole rings is 1. The average Bonchev–Trinajstić information content (AvgIpc) is 2.90. The molecule has 0 saturated carbocycles. The zero-order valence-electron chi connectivity index (χ0n) is 16.3. The maximum absolute atomic E-state index is 12.5. The summed E-state index contributed by atoms with van der Waals surface area (Å²) < 4.78 is 3.40. The maximum atomic E-state index is 12.5. The van der Waals surface area contributed by atoms with Crippen molar-refractivity contribution in [2.45, 2.75) is 59.5 Å². The molecule has 2 aromatic heterocycles. The number of hydrogen-bond acceptors (Lipinski definition) is 4. The van der Waals surface area contributed by atoms with Crippen molar-refractivity contribution in [3.05, 3.63) is 26.7 Å². The number of carbonyl (C=O) groups excluding carboxylic acids is 1. The van der Waals surface area contributed by atoms with Crippen LogP contribution in [0.15, 0.2) is 9.59 Å². The van der Waals surface area contributed by atoms with Crippen molar-refractivity contribution in [1.82, 2.24) is 24.0 Å². The minimum Gasteiger partial charge on any atom is -0.349 e. The lowest BCUT2D eigenvalue weighted by molar-refractivity contribution is -0.128. The highest BCUT2D eigenvalue weighted by Crippen LogP contribution is 2.16. The third kappa shape index (κ3) is 4.23. The number of aromatic amines is 1. The van der Waals surface area contributed by atoms with Gasteiger partial charge in [0.25, 0.3) is 5.56 Å². The largest absolute Gasteiger partial charge is 0.349 e. The second-order valence-electron chi connectivity index (χ2n) is 7.26. The minimum absolute atomic E-state index is 0.00503. The Balaban J connectivity index is 2.59. The van der Waals surface area contributed by atoms with Crippen molar-refractivity contribution in [3.63, 3.8) is 0 Å². The molecule has 2 rings (SSSR count). The van der Waals surface area contributed by atoms with Gasteiger partial charge in [0.1, 0.15) is 5.82 Å². The van der Waals surface area contributed by atoms with E-state index < -0.39 is 11.2 Å². The Kier molecular flexibility index (Phi) is 6.39. The molecule has 8 heteroatoms. The van der Waals surface area contributed by atoms with E-state index in [0.29, 0.717) is 48.8 Å². The van der Waals surface area contributed by atoms with Gasteiger partial charge in [-0.2, -0.15) is 0 Å². The molecule has 0 saturated heterocycles. The van der Waals surface area contributed by atoms with Crippen LogP contribution in [-0.4, -0.2) is 44.0 Å². The Bertz CT molecular complexity index is 889. The van der Waals surface area contributed by atoms with Gasteiger partial charge in [-0.05, 0) is 12.3 Å². The van der Waals surface area contributed by atoms with Crippen molar-refractivity contribution < 1.29 is 4.79 Å². The molecule has 1 N–H and O–H groups in total. The van der Waals surface area contributed by atoms with E-state index in [1.807, 2.05) is 11.5 Å². The number of unbranched alkanes of at least 4 members (excludes halogenated alkanes) is 1. The number of nitrogens with one attached hydrogen (secondary N) is 1. The van der Waals surface area contributed by atoms with Gasteiger partial charge < -0.3 is 9.47 Å². The SMILES string of the molecule is CCCCn1c(=O)[nH]c(=O)c2c1nc(CCC(=O)N(C)C)n2CC(C)C. The molecule has 0 fully saturated rings. The third-order valence-corrected chi connectivity index (χ3v) is 4.31. The Morgan fingerprint density at radius 2 is 1.92 bits per heavy atom. The molecule has 144 valence electrons. The predicted octanol–water partition coefficient (Wildman–Crippen LogP) is 1.36. The number of aryl methyl sites for hydroxylation is 2. The summed E-state index contributed by atoms with van der Waals surface area (Å²) in [4.78, 5) is 45.3. The molecule has 26 heavy (non-hydrogen) atoms. The summed E-state index contributed by atoms with van der Waals surface area (Å²) in [6.07, 6.45) is 2.50. The number of fused-ring (bicyclic) bond motifs is 1. The first-order valence-electron chi connectivity index (χ1n) is 9.18. The van der Waals surface area contributed by atoms with Crippen LogP contribution in [0.4, 0.5) is 0 Å². The van der Waals surface area contributed by atoms with Crippen LogP contribution < -0.4 is 11.2 Å². The zero-order valence-corrected chi connectivity index (χ0v) is 16.3. The Morgan fingerprint density at radius 1 is 1.23 bits per heavy atom. The van der Waals surface area contributed by atoms with Crippen LogP contribution in [-0.2, 0) is 24.3 Å². The monoisotopic (exact) mass is 363 g/mol. The zero-order chi connectivity index (χ0) is 19.4. The molecule has 0 spiro atoms. The van der Waals surface area contributed by atoms with Crippen LogP contribution in [0.1, 0.15) is 45.9 Å². The highest BCUT2D eigenvalue weighted by atomic mass is 16.2. The summed E-state index contributed by atoms with van der Waals surface area (Å²) >= 11 is 0. The lowest BCUT2D eigenvalue weighted by Crippen LogP contribution is -2.31. The molecule has 0 aliphatic heterocycles. The first-order chi connectivity index (χ1) is 12.3. The van der Waals surface area contributed by atoms with Gasteiger partial charge in [-0.15, -0.1) is 0 Å². The van der Waals surface area contributed by atoms with Crippen LogP contribution in [0.2, 0.25) is 0 Å². The van der Waals surface area contributed by atoms with Crippen LogP contribution in [0.25, 0.3) is 11.2 Å². The molecule has 2 aromatic rings. The summed E-state index contributed by atoms with van der Waals surface area (Å²) in [5.41, 5.74) is -0.0148. The number of rotatable bonds is 8. The molecule has 0 aromatic carbocycles. The Hall–Kier alpha value is -2.38. The topological polar surface area (TPSA) is 93.0 Å². The average molecular weight is 363 g/mol. The summed E-state index contributed by atoms with van der Waals surface area (Å²) in [5, 5.41) is 0. The van der Waals surface area contributed by atoms with Gasteiger partial charge in [0.15, 0.2) is 11.2 Å². The van der Waals surface area contributed by atoms with E-state index in [1.165, 1.54) is 4.57 Å². The van der Waals surface area contributed by atoms with Crippen LogP contribution in [0.5, 0.6) is 0 Å². The first-order valence-corrected chi connectivity index (χ1v) is 9.18. The molecule has 0 aliphatic rings. The van der Waals surface area contributed by atoms with E-state index in [0.717, 1.165) is 12.8 Å². The highest BCUT2D eigenvalue weighted by molar-refractivity contribution is 5.76. The molecular formula is C18H29N5O3. The molecule has 2 heterocycles. The van der Waals surface area contributed by atoms with Crippen LogP contribution >= 0.6 is 0 Å². The summed E-state index contributed by atoms with van der Waals surface area (Å²) in [6.45, 7) is 7.28. The number of amides is 1. The normalized spacial score (nSPS) is 11.5. The quantitative estimate of drug-likeness (QED) is 0.766. The van der Waals surface area contributed by atoms with Crippen molar-refractivity contribution in [2.75, 3.05) is 14.1 Å². The van der Waals surface area contributed by atoms with Gasteiger partial charge in [0.05, 0.1) is 0 Å². The van der Waals surface area contributed by atoms with Crippen molar-refractivity contribution in [2.24, 2.45) is 5.92 Å². The summed E-state index contributed by atoms with van der Waals surface area (Å²) in [6, 6.07) is 0. The molecule has 0 bridgehead atoms. The van der Waals surface area contributed by atoms with E-state index in [4.69, 9.17) is 0 Å². The smallest absolute Gasteiger partial charge is 0.330 e. The molecule has 0 radical (unpaired) electrons. The van der Waals surface area contributed by atoms with Gasteiger partial charge in [0.2, 0.25) is 5.91 Å². The number of H-pyrrole nitrogens is 1. The predicted molar refractivity (Wildman–Crippen MR) is 101 cm³/mol. The first kappa shape index (κ1) is 19.9. The number of carbonyl (C=O) groups is 1. The second kappa shape index (κ2) is 8.33. The molecule has 0 atom stereocenters. The van der Waals surface area contributed by atoms with E-state index >= 15 is 0 Å². The molecule has 0 aliphatic carbocycles. The fourth-order valence-corrected chi connectivity index (χ4v) is 2.94. The van der Waals surface area contributed by atoms with E-state index in [2.05, 4.69) is 23.8 Å². The van der Waals surface area contributed by atoms with E-state index in [1.54, 1.807) is 19.0 Å². The van der Waals surface area contributed by atoms with E-state index in [-0.39, 0.29) is 5.91 Å². The van der Waals surface area contributed by atoms with Crippen molar-refractivity contribution >= 4 is 17.1 Å². The van der Waals surface area contributed by atoms with Crippen LogP contribution in [0, 0.1) is 5.92 Å². The van der Waals surface area contributed by atoms with Gasteiger partial charge in [-0.25, -0.2) is 9.78 Å². The Morgan fingerprint density at radius 3 is 2.50 bits per heavy atom. The van der Waals surface area contributed by atoms with Gasteiger partial charge in [0, 0.05) is 40.0 Å². The fraction of sp³-hybridized carbons (Fsp3) is 0.667. The molecule has 8 nitrogen and oxygen atoms in total. The Labute approximate surface area is 152 Å². The lowest BCUT2D eigenvalue weighted by atomic mass is 10.2. The van der Waals surface area contributed by atoms with Crippen molar-refractivity contribution in [1.29, 1.82) is 0 Å². The van der Waals surface area contributed by atoms with Gasteiger partial charge in [-0.1, -0.05) is 27.2 Å². The number of aromatic nitrogens is 4. The van der Waals surface area contributed by atoms with Gasteiger partial charge >= 0.3 is 5.69 Å². The second-order valence-corrected chi connectivity index (χ2v) is 7.26. The van der Waals surface area contributed by atoms with E-state index in [9.17, 15) is 14.4 Å². The molecule has 0 unspecified atom stereocenters. The highest BCUT2D eigenvalue weighted by Gasteiger charge is 2.19. The maximum Gasteiger partial charge on any atom is 0.330 e. The fourth-order valence-electron chi connectivity index (χ4n) is 2.94. The minimum atomic E-state index is -0.430. The molecular weight excluding hydrogens is 334 g/mol. The third-order valence-electron chi connectivity index (χ3n) is 4.31. The van der Waals surface area contributed by atoms with Crippen LogP contribution in [0.3, 0.4) is 0 Å².